The van der Waals surface area contributed by atoms with Gasteiger partial charge in [0.05, 0.1) is 15.5 Å². The van der Waals surface area contributed by atoms with Crippen LogP contribution in [0.25, 0.3) is 0 Å². The van der Waals surface area contributed by atoms with Crippen LogP contribution in [0.1, 0.15) is 6.92 Å². The molecule has 7 heteroatoms. The van der Waals surface area contributed by atoms with E-state index >= 15 is 0 Å². The third-order valence-electron chi connectivity index (χ3n) is 2.52. The SMILES string of the molecule is CC(CN)CS(=O)(=O)c1ccc(S(C)(=O)=O)cc1. The highest BCUT2D eigenvalue weighted by atomic mass is 32.2. The topological polar surface area (TPSA) is 94.3 Å². The predicted octanol–water partition coefficient (Wildman–Crippen LogP) is 0.459. The van der Waals surface area contributed by atoms with Crippen LogP contribution in [0.4, 0.5) is 0 Å². The molecule has 0 radical (unpaired) electrons. The monoisotopic (exact) mass is 291 g/mol. The molecule has 2 N–H and O–H groups in total. The number of hydrogen-bond donors (Lipinski definition) is 1. The molecule has 1 aromatic rings. The normalized spacial score (nSPS) is 14.4. The maximum absolute atomic E-state index is 12.0. The Balaban J connectivity index is 3.06. The first kappa shape index (κ1) is 15.1. The Bertz CT molecular complexity index is 603. The smallest absolute Gasteiger partial charge is 0.178 e. The molecule has 0 saturated heterocycles. The lowest BCUT2D eigenvalue weighted by Gasteiger charge is -2.09. The zero-order chi connectivity index (χ0) is 14.0. The van der Waals surface area contributed by atoms with Crippen molar-refractivity contribution in [3.63, 3.8) is 0 Å². The van der Waals surface area contributed by atoms with Crippen LogP contribution in [-0.4, -0.2) is 35.4 Å². The molecule has 0 aromatic heterocycles. The molecule has 0 aliphatic rings. The van der Waals surface area contributed by atoms with Crippen LogP contribution in [0, 0.1) is 5.92 Å². The molecule has 0 fully saturated rings. The van der Waals surface area contributed by atoms with Gasteiger partial charge in [-0.2, -0.15) is 0 Å². The minimum atomic E-state index is -3.41. The molecule has 0 heterocycles. The number of rotatable bonds is 5. The lowest BCUT2D eigenvalue weighted by molar-refractivity contribution is 0.573. The summed E-state index contributed by atoms with van der Waals surface area (Å²) >= 11 is 0. The second kappa shape index (κ2) is 5.38. The third kappa shape index (κ3) is 3.79. The van der Waals surface area contributed by atoms with Gasteiger partial charge in [-0.3, -0.25) is 0 Å². The van der Waals surface area contributed by atoms with Crippen molar-refractivity contribution in [2.75, 3.05) is 18.6 Å². The van der Waals surface area contributed by atoms with Crippen molar-refractivity contribution in [1.29, 1.82) is 0 Å². The zero-order valence-corrected chi connectivity index (χ0v) is 12.0. The Morgan fingerprint density at radius 1 is 1.06 bits per heavy atom. The van der Waals surface area contributed by atoms with Gasteiger partial charge in [0.15, 0.2) is 19.7 Å². The van der Waals surface area contributed by atoms with Crippen molar-refractivity contribution in [3.8, 4) is 0 Å². The van der Waals surface area contributed by atoms with Crippen LogP contribution in [0.15, 0.2) is 34.1 Å². The van der Waals surface area contributed by atoms with E-state index in [9.17, 15) is 16.8 Å². The van der Waals surface area contributed by atoms with Crippen LogP contribution < -0.4 is 5.73 Å². The van der Waals surface area contributed by atoms with Crippen LogP contribution >= 0.6 is 0 Å². The van der Waals surface area contributed by atoms with Gasteiger partial charge in [-0.1, -0.05) is 6.92 Å². The maximum atomic E-state index is 12.0. The van der Waals surface area contributed by atoms with Crippen LogP contribution in [-0.2, 0) is 19.7 Å². The minimum absolute atomic E-state index is 0.0400. The van der Waals surface area contributed by atoms with E-state index in [4.69, 9.17) is 5.73 Å². The summed E-state index contributed by atoms with van der Waals surface area (Å²) in [7, 11) is -6.72. The second-order valence-corrected chi connectivity index (χ2v) is 8.42. The van der Waals surface area contributed by atoms with E-state index in [1.54, 1.807) is 6.92 Å². The highest BCUT2D eigenvalue weighted by molar-refractivity contribution is 7.91. The van der Waals surface area contributed by atoms with E-state index in [0.29, 0.717) is 6.54 Å². The third-order valence-corrected chi connectivity index (χ3v) is 5.64. The quantitative estimate of drug-likeness (QED) is 0.850. The highest BCUT2D eigenvalue weighted by Gasteiger charge is 2.18. The Kier molecular flexibility index (Phi) is 4.52. The van der Waals surface area contributed by atoms with Gasteiger partial charge in [0.2, 0.25) is 0 Å². The average molecular weight is 291 g/mol. The molecule has 5 nitrogen and oxygen atoms in total. The van der Waals surface area contributed by atoms with E-state index in [0.717, 1.165) is 6.26 Å². The van der Waals surface area contributed by atoms with Gasteiger partial charge >= 0.3 is 0 Å². The molecule has 0 spiro atoms. The zero-order valence-electron chi connectivity index (χ0n) is 10.3. The first-order valence-corrected chi connectivity index (χ1v) is 8.94. The molecular weight excluding hydrogens is 274 g/mol. The Labute approximate surface area is 108 Å². The summed E-state index contributed by atoms with van der Waals surface area (Å²) in [5, 5.41) is 0. The Morgan fingerprint density at radius 2 is 1.50 bits per heavy atom. The molecule has 0 bridgehead atoms. The lowest BCUT2D eigenvalue weighted by atomic mass is 10.2. The fourth-order valence-corrected chi connectivity index (χ4v) is 3.69. The van der Waals surface area contributed by atoms with E-state index in [1.807, 2.05) is 0 Å². The predicted molar refractivity (Wildman–Crippen MR) is 69.8 cm³/mol. The van der Waals surface area contributed by atoms with Crippen molar-refractivity contribution < 1.29 is 16.8 Å². The molecular formula is C11H17NO4S2. The van der Waals surface area contributed by atoms with Gasteiger partial charge in [0.1, 0.15) is 0 Å². The lowest BCUT2D eigenvalue weighted by Crippen LogP contribution is -2.21. The highest BCUT2D eigenvalue weighted by Crippen LogP contribution is 2.17. The van der Waals surface area contributed by atoms with Crippen LogP contribution in [0.2, 0.25) is 0 Å². The largest absolute Gasteiger partial charge is 0.330 e. The van der Waals surface area contributed by atoms with E-state index in [1.165, 1.54) is 24.3 Å². The van der Waals surface area contributed by atoms with E-state index in [2.05, 4.69) is 0 Å². The standard InChI is InChI=1S/C11H17NO4S2/c1-9(7-12)8-18(15,16)11-5-3-10(4-6-11)17(2,13)14/h3-6,9H,7-8,12H2,1-2H3. The summed E-state index contributed by atoms with van der Waals surface area (Å²) in [5.41, 5.74) is 5.39. The van der Waals surface area contributed by atoms with Gasteiger partial charge in [0.25, 0.3) is 0 Å². The summed E-state index contributed by atoms with van der Waals surface area (Å²) < 4.78 is 46.4. The summed E-state index contributed by atoms with van der Waals surface area (Å²) in [6.45, 7) is 2.04. The fourth-order valence-electron chi connectivity index (χ4n) is 1.43. The Hall–Kier alpha value is -0.920. The summed E-state index contributed by atoms with van der Waals surface area (Å²) in [6, 6.07) is 5.23. The van der Waals surface area contributed by atoms with Gasteiger partial charge < -0.3 is 5.73 Å². The van der Waals surface area contributed by atoms with Crippen LogP contribution in [0.3, 0.4) is 0 Å². The number of nitrogens with two attached hydrogens (primary N) is 1. The van der Waals surface area contributed by atoms with Gasteiger partial charge in [-0.15, -0.1) is 0 Å². The van der Waals surface area contributed by atoms with Gasteiger partial charge in [-0.05, 0) is 36.7 Å². The fraction of sp³-hybridized carbons (Fsp3) is 0.455. The second-order valence-electron chi connectivity index (χ2n) is 4.37. The molecule has 1 unspecified atom stereocenters. The minimum Gasteiger partial charge on any atom is -0.330 e. The summed E-state index contributed by atoms with van der Waals surface area (Å²) in [6.07, 6.45) is 1.08. The van der Waals surface area contributed by atoms with Crippen molar-refractivity contribution >= 4 is 19.7 Å². The molecule has 102 valence electrons. The van der Waals surface area contributed by atoms with Crippen molar-refractivity contribution in [1.82, 2.24) is 0 Å². The average Bonchev–Trinajstić information content (AvgIpc) is 2.27. The molecule has 0 saturated carbocycles. The molecule has 1 rings (SSSR count). The molecule has 1 atom stereocenters. The summed E-state index contributed by atoms with van der Waals surface area (Å²) in [5.74, 6) is -0.175. The first-order valence-electron chi connectivity index (χ1n) is 5.40. The maximum Gasteiger partial charge on any atom is 0.178 e. The molecule has 1 aromatic carbocycles. The first-order chi connectivity index (χ1) is 8.16. The van der Waals surface area contributed by atoms with Crippen molar-refractivity contribution in [3.05, 3.63) is 24.3 Å². The van der Waals surface area contributed by atoms with Gasteiger partial charge in [0, 0.05) is 6.26 Å². The summed E-state index contributed by atoms with van der Waals surface area (Å²) in [4.78, 5) is 0.225. The number of benzene rings is 1. The van der Waals surface area contributed by atoms with Crippen molar-refractivity contribution in [2.45, 2.75) is 16.7 Å². The van der Waals surface area contributed by atoms with Crippen molar-refractivity contribution in [2.24, 2.45) is 11.7 Å². The molecule has 0 amide bonds. The van der Waals surface area contributed by atoms with E-state index < -0.39 is 19.7 Å². The Morgan fingerprint density at radius 3 is 1.89 bits per heavy atom. The van der Waals surface area contributed by atoms with E-state index in [-0.39, 0.29) is 21.5 Å². The van der Waals surface area contributed by atoms with Crippen LogP contribution in [0.5, 0.6) is 0 Å². The van der Waals surface area contributed by atoms with Gasteiger partial charge in [-0.25, -0.2) is 16.8 Å². The molecule has 0 aliphatic carbocycles. The molecule has 18 heavy (non-hydrogen) atoms. The number of sulfone groups is 2. The molecule has 0 aliphatic heterocycles. The number of hydrogen-bond acceptors (Lipinski definition) is 5.